The smallest absolute Gasteiger partial charge is 0.123 e. The van der Waals surface area contributed by atoms with E-state index >= 15 is 0 Å². The van der Waals surface area contributed by atoms with E-state index in [1.54, 1.807) is 7.11 Å². The summed E-state index contributed by atoms with van der Waals surface area (Å²) >= 11 is 0. The monoisotopic (exact) mass is 265 g/mol. The summed E-state index contributed by atoms with van der Waals surface area (Å²) in [6.45, 7) is 3.66. The molecule has 1 fully saturated rings. The Kier molecular flexibility index (Phi) is 5.63. The molecule has 19 heavy (non-hydrogen) atoms. The van der Waals surface area contributed by atoms with Gasteiger partial charge >= 0.3 is 0 Å². The van der Waals surface area contributed by atoms with Gasteiger partial charge in [0.15, 0.2) is 0 Å². The topological polar surface area (TPSA) is 53.7 Å². The minimum Gasteiger partial charge on any atom is -0.496 e. The standard InChI is InChI=1S/C15H23NO3/c1-17-15-8-13(2-3-14(15)9-16)11-19-10-12-4-6-18-7-5-12/h2-3,8,12H,4-7,9-11,16H2,1H3. The van der Waals surface area contributed by atoms with Crippen molar-refractivity contribution in [1.29, 1.82) is 0 Å². The summed E-state index contributed by atoms with van der Waals surface area (Å²) in [7, 11) is 1.67. The van der Waals surface area contributed by atoms with E-state index in [4.69, 9.17) is 19.9 Å². The van der Waals surface area contributed by atoms with E-state index < -0.39 is 0 Å². The van der Waals surface area contributed by atoms with E-state index in [-0.39, 0.29) is 0 Å². The lowest BCUT2D eigenvalue weighted by atomic mass is 10.0. The van der Waals surface area contributed by atoms with E-state index in [2.05, 4.69) is 6.07 Å². The number of benzene rings is 1. The van der Waals surface area contributed by atoms with E-state index in [0.29, 0.717) is 19.1 Å². The summed E-state index contributed by atoms with van der Waals surface area (Å²) in [5.74, 6) is 1.48. The molecule has 1 aliphatic heterocycles. The highest BCUT2D eigenvalue weighted by Gasteiger charge is 2.13. The van der Waals surface area contributed by atoms with Crippen LogP contribution < -0.4 is 10.5 Å². The van der Waals surface area contributed by atoms with Crippen molar-refractivity contribution >= 4 is 0 Å². The van der Waals surface area contributed by atoms with E-state index in [0.717, 1.165) is 49.5 Å². The molecule has 0 saturated carbocycles. The highest BCUT2D eigenvalue weighted by atomic mass is 16.5. The van der Waals surface area contributed by atoms with Crippen molar-refractivity contribution in [2.45, 2.75) is 26.0 Å². The van der Waals surface area contributed by atoms with Gasteiger partial charge in [0.2, 0.25) is 0 Å². The molecule has 2 rings (SSSR count). The largest absolute Gasteiger partial charge is 0.496 e. The lowest BCUT2D eigenvalue weighted by Gasteiger charge is -2.21. The number of rotatable bonds is 6. The molecule has 1 heterocycles. The first-order valence-corrected chi connectivity index (χ1v) is 6.85. The highest BCUT2D eigenvalue weighted by Crippen LogP contribution is 2.21. The van der Waals surface area contributed by atoms with Crippen LogP contribution >= 0.6 is 0 Å². The minimum absolute atomic E-state index is 0.492. The third-order valence-corrected chi connectivity index (χ3v) is 3.53. The van der Waals surface area contributed by atoms with E-state index in [9.17, 15) is 0 Å². The van der Waals surface area contributed by atoms with Crippen LogP contribution in [0.4, 0.5) is 0 Å². The molecule has 106 valence electrons. The molecule has 0 aromatic heterocycles. The van der Waals surface area contributed by atoms with Gasteiger partial charge < -0.3 is 19.9 Å². The number of nitrogens with two attached hydrogens (primary N) is 1. The van der Waals surface area contributed by atoms with Crippen LogP contribution in [0, 0.1) is 5.92 Å². The fraction of sp³-hybridized carbons (Fsp3) is 0.600. The van der Waals surface area contributed by atoms with E-state index in [1.807, 2.05) is 12.1 Å². The lowest BCUT2D eigenvalue weighted by molar-refractivity contribution is 0.0157. The molecule has 1 saturated heterocycles. The predicted molar refractivity (Wildman–Crippen MR) is 74.1 cm³/mol. The molecular weight excluding hydrogens is 242 g/mol. The third kappa shape index (κ3) is 4.20. The average molecular weight is 265 g/mol. The summed E-state index contributed by atoms with van der Waals surface area (Å²) in [5.41, 5.74) is 7.80. The molecule has 1 aliphatic rings. The zero-order chi connectivity index (χ0) is 13.5. The first-order valence-electron chi connectivity index (χ1n) is 6.85. The van der Waals surface area contributed by atoms with Crippen molar-refractivity contribution in [3.63, 3.8) is 0 Å². The molecule has 0 bridgehead atoms. The molecular formula is C15H23NO3. The van der Waals surface area contributed by atoms with Crippen LogP contribution in [0.25, 0.3) is 0 Å². The molecule has 0 amide bonds. The second-order valence-electron chi connectivity index (χ2n) is 4.92. The Morgan fingerprint density at radius 1 is 1.32 bits per heavy atom. The normalized spacial score (nSPS) is 16.5. The summed E-state index contributed by atoms with van der Waals surface area (Å²) in [6.07, 6.45) is 2.21. The number of ether oxygens (including phenoxy) is 3. The molecule has 0 radical (unpaired) electrons. The van der Waals surface area contributed by atoms with Crippen molar-refractivity contribution in [3.05, 3.63) is 29.3 Å². The summed E-state index contributed by atoms with van der Waals surface area (Å²) in [6, 6.07) is 6.06. The number of methoxy groups -OCH3 is 1. The van der Waals surface area contributed by atoms with Gasteiger partial charge in [-0.15, -0.1) is 0 Å². The first-order chi connectivity index (χ1) is 9.33. The summed E-state index contributed by atoms with van der Waals surface area (Å²) in [4.78, 5) is 0. The second-order valence-corrected chi connectivity index (χ2v) is 4.92. The molecule has 0 atom stereocenters. The van der Waals surface area contributed by atoms with Gasteiger partial charge in [0.1, 0.15) is 5.75 Å². The van der Waals surface area contributed by atoms with E-state index in [1.165, 1.54) is 0 Å². The van der Waals surface area contributed by atoms with Gasteiger partial charge in [0.05, 0.1) is 20.3 Å². The van der Waals surface area contributed by atoms with Crippen molar-refractivity contribution in [3.8, 4) is 5.75 Å². The minimum atomic E-state index is 0.492. The Morgan fingerprint density at radius 3 is 2.79 bits per heavy atom. The predicted octanol–water partition coefficient (Wildman–Crippen LogP) is 2.10. The van der Waals surface area contributed by atoms with Crippen molar-refractivity contribution in [2.24, 2.45) is 11.7 Å². The Hall–Kier alpha value is -1.10. The first kappa shape index (κ1) is 14.3. The Bertz CT molecular complexity index is 389. The van der Waals surface area contributed by atoms with Gasteiger partial charge in [-0.3, -0.25) is 0 Å². The molecule has 1 aromatic rings. The van der Waals surface area contributed by atoms with Gasteiger partial charge in [-0.1, -0.05) is 12.1 Å². The Balaban J connectivity index is 1.81. The molecule has 2 N–H and O–H groups in total. The fourth-order valence-electron chi connectivity index (χ4n) is 2.30. The third-order valence-electron chi connectivity index (χ3n) is 3.53. The molecule has 0 unspecified atom stereocenters. The maximum absolute atomic E-state index is 5.79. The van der Waals surface area contributed by atoms with Gasteiger partial charge in [-0.25, -0.2) is 0 Å². The van der Waals surface area contributed by atoms with Crippen molar-refractivity contribution < 1.29 is 14.2 Å². The molecule has 0 aliphatic carbocycles. The van der Waals surface area contributed by atoms with Crippen LogP contribution in [0.2, 0.25) is 0 Å². The average Bonchev–Trinajstić information content (AvgIpc) is 2.48. The second kappa shape index (κ2) is 7.48. The highest BCUT2D eigenvalue weighted by molar-refractivity contribution is 5.37. The maximum atomic E-state index is 5.79. The SMILES string of the molecule is COc1cc(COCC2CCOCC2)ccc1CN. The molecule has 4 heteroatoms. The molecule has 1 aromatic carbocycles. The Labute approximate surface area is 114 Å². The maximum Gasteiger partial charge on any atom is 0.123 e. The van der Waals surface area contributed by atoms with Crippen LogP contribution in [0.3, 0.4) is 0 Å². The number of hydrogen-bond acceptors (Lipinski definition) is 4. The van der Waals surface area contributed by atoms with Crippen LogP contribution in [0.1, 0.15) is 24.0 Å². The van der Waals surface area contributed by atoms with Crippen LogP contribution in [0.5, 0.6) is 5.75 Å². The van der Waals surface area contributed by atoms with Crippen LogP contribution in [-0.2, 0) is 22.6 Å². The van der Waals surface area contributed by atoms with Crippen LogP contribution in [-0.4, -0.2) is 26.9 Å². The van der Waals surface area contributed by atoms with Gasteiger partial charge in [0.25, 0.3) is 0 Å². The number of hydrogen-bond donors (Lipinski definition) is 1. The zero-order valence-electron chi connectivity index (χ0n) is 11.6. The van der Waals surface area contributed by atoms with Crippen molar-refractivity contribution in [1.82, 2.24) is 0 Å². The summed E-state index contributed by atoms with van der Waals surface area (Å²) < 4.78 is 16.4. The van der Waals surface area contributed by atoms with Gasteiger partial charge in [-0.05, 0) is 30.4 Å². The van der Waals surface area contributed by atoms with Crippen molar-refractivity contribution in [2.75, 3.05) is 26.9 Å². The Morgan fingerprint density at radius 2 is 2.11 bits per heavy atom. The quantitative estimate of drug-likeness (QED) is 0.855. The summed E-state index contributed by atoms with van der Waals surface area (Å²) in [5, 5.41) is 0. The lowest BCUT2D eigenvalue weighted by Crippen LogP contribution is -2.20. The van der Waals surface area contributed by atoms with Gasteiger partial charge in [0, 0.05) is 25.3 Å². The zero-order valence-corrected chi connectivity index (χ0v) is 11.6. The fourth-order valence-corrected chi connectivity index (χ4v) is 2.30. The van der Waals surface area contributed by atoms with Crippen LogP contribution in [0.15, 0.2) is 18.2 Å². The molecule has 0 spiro atoms. The molecule has 4 nitrogen and oxygen atoms in total. The van der Waals surface area contributed by atoms with Gasteiger partial charge in [-0.2, -0.15) is 0 Å².